The third-order valence-corrected chi connectivity index (χ3v) is 6.19. The number of anilines is 1. The Bertz CT molecular complexity index is 1280. The monoisotopic (exact) mass is 427 g/mol. The summed E-state index contributed by atoms with van der Waals surface area (Å²) < 4.78 is 7.14. The van der Waals surface area contributed by atoms with Crippen LogP contribution in [0, 0.1) is 20.8 Å². The smallest absolute Gasteiger partial charge is 0.259 e. The Morgan fingerprint density at radius 3 is 2.53 bits per heavy atom. The zero-order chi connectivity index (χ0) is 22.2. The lowest BCUT2D eigenvalue weighted by atomic mass is 9.85. The van der Waals surface area contributed by atoms with Crippen molar-refractivity contribution in [3.8, 4) is 17.1 Å². The van der Waals surface area contributed by atoms with Crippen LogP contribution < -0.4 is 5.32 Å². The van der Waals surface area contributed by atoms with E-state index in [0.29, 0.717) is 23.0 Å². The highest BCUT2D eigenvalue weighted by Crippen LogP contribution is 2.36. The number of hydrogen-bond donors (Lipinski definition) is 1. The molecule has 1 amide bonds. The van der Waals surface area contributed by atoms with Crippen molar-refractivity contribution in [2.45, 2.75) is 46.0 Å². The van der Waals surface area contributed by atoms with Crippen LogP contribution in [0.3, 0.4) is 0 Å². The number of nitrogens with zero attached hydrogens (tertiary/aromatic N) is 4. The first-order valence-electron chi connectivity index (χ1n) is 10.9. The summed E-state index contributed by atoms with van der Waals surface area (Å²) in [6, 6.07) is 13.6. The Morgan fingerprint density at radius 2 is 1.84 bits per heavy atom. The summed E-state index contributed by atoms with van der Waals surface area (Å²) in [7, 11) is 0. The molecule has 1 aliphatic rings. The molecule has 7 nitrogen and oxygen atoms in total. The van der Waals surface area contributed by atoms with Crippen LogP contribution in [0.2, 0.25) is 0 Å². The minimum absolute atomic E-state index is 0.177. The minimum atomic E-state index is -0.177. The number of amides is 1. The molecule has 5 rings (SSSR count). The van der Waals surface area contributed by atoms with Crippen molar-refractivity contribution < 1.29 is 9.32 Å². The maximum absolute atomic E-state index is 12.8. The Labute approximate surface area is 186 Å². The van der Waals surface area contributed by atoms with Gasteiger partial charge in [-0.1, -0.05) is 17.6 Å². The first kappa shape index (κ1) is 20.2. The maximum atomic E-state index is 12.8. The van der Waals surface area contributed by atoms with Gasteiger partial charge in [-0.05, 0) is 81.1 Å². The highest BCUT2D eigenvalue weighted by atomic mass is 16.5. The number of benzene rings is 2. The van der Waals surface area contributed by atoms with E-state index in [2.05, 4.69) is 20.6 Å². The standard InChI is InChI=1S/C25H25N5O2/c1-15-7-10-20(13-16(15)2)26-24(31)22-14-30(28-17(22)3)21-11-8-18(9-12-21)23-27-25(32-29-23)19-5-4-6-19/h7-14,19H,4-6H2,1-3H3,(H,26,31). The molecule has 1 saturated carbocycles. The molecular weight excluding hydrogens is 402 g/mol. The number of hydrogen-bond acceptors (Lipinski definition) is 5. The van der Waals surface area contributed by atoms with Crippen LogP contribution in [-0.4, -0.2) is 25.8 Å². The van der Waals surface area contributed by atoms with Gasteiger partial charge in [-0.25, -0.2) is 4.68 Å². The zero-order valence-electron chi connectivity index (χ0n) is 18.4. The molecule has 0 unspecified atom stereocenters. The number of rotatable bonds is 5. The Hall–Kier alpha value is -3.74. The lowest BCUT2D eigenvalue weighted by molar-refractivity contribution is 0.102. The van der Waals surface area contributed by atoms with E-state index in [0.717, 1.165) is 41.2 Å². The van der Waals surface area contributed by atoms with Gasteiger partial charge in [0.15, 0.2) is 0 Å². The molecule has 0 saturated heterocycles. The van der Waals surface area contributed by atoms with Crippen molar-refractivity contribution in [2.24, 2.45) is 0 Å². The zero-order valence-corrected chi connectivity index (χ0v) is 18.4. The van der Waals surface area contributed by atoms with E-state index in [1.54, 1.807) is 10.9 Å². The van der Waals surface area contributed by atoms with Gasteiger partial charge in [-0.15, -0.1) is 0 Å². The third kappa shape index (κ3) is 3.82. The SMILES string of the molecule is Cc1ccc(NC(=O)c2cn(-c3ccc(-c4noc(C5CCC5)n4)cc3)nc2C)cc1C. The summed E-state index contributed by atoms with van der Waals surface area (Å²) in [6.45, 7) is 5.91. The van der Waals surface area contributed by atoms with Gasteiger partial charge in [0, 0.05) is 23.4 Å². The van der Waals surface area contributed by atoms with E-state index >= 15 is 0 Å². The highest BCUT2D eigenvalue weighted by molar-refractivity contribution is 6.05. The molecule has 1 N–H and O–H groups in total. The van der Waals surface area contributed by atoms with Crippen LogP contribution >= 0.6 is 0 Å². The Morgan fingerprint density at radius 1 is 1.06 bits per heavy atom. The molecule has 1 fully saturated rings. The lowest BCUT2D eigenvalue weighted by Crippen LogP contribution is -2.12. The van der Waals surface area contributed by atoms with E-state index in [9.17, 15) is 4.79 Å². The van der Waals surface area contributed by atoms with Gasteiger partial charge >= 0.3 is 0 Å². The number of nitrogens with one attached hydrogen (secondary N) is 1. The second-order valence-corrected chi connectivity index (χ2v) is 8.46. The number of aromatic nitrogens is 4. The normalized spacial score (nSPS) is 13.7. The molecule has 32 heavy (non-hydrogen) atoms. The van der Waals surface area contributed by atoms with Crippen molar-refractivity contribution in [1.82, 2.24) is 19.9 Å². The van der Waals surface area contributed by atoms with Crippen LogP contribution in [0.25, 0.3) is 17.1 Å². The molecule has 0 radical (unpaired) electrons. The van der Waals surface area contributed by atoms with Crippen LogP contribution in [0.5, 0.6) is 0 Å². The number of carbonyl (C=O) groups is 1. The molecule has 2 heterocycles. The van der Waals surface area contributed by atoms with Crippen LogP contribution in [-0.2, 0) is 0 Å². The molecular formula is C25H25N5O2. The average molecular weight is 428 g/mol. The van der Waals surface area contributed by atoms with E-state index < -0.39 is 0 Å². The van der Waals surface area contributed by atoms with Gasteiger partial charge in [0.1, 0.15) is 0 Å². The van der Waals surface area contributed by atoms with Crippen LogP contribution in [0.4, 0.5) is 5.69 Å². The van der Waals surface area contributed by atoms with Gasteiger partial charge < -0.3 is 9.84 Å². The maximum Gasteiger partial charge on any atom is 0.259 e. The van der Waals surface area contributed by atoms with E-state index in [1.165, 1.54) is 12.0 Å². The third-order valence-electron chi connectivity index (χ3n) is 6.19. The van der Waals surface area contributed by atoms with Gasteiger partial charge in [0.2, 0.25) is 11.7 Å². The largest absolute Gasteiger partial charge is 0.339 e. The van der Waals surface area contributed by atoms with E-state index in [4.69, 9.17) is 4.52 Å². The van der Waals surface area contributed by atoms with Crippen LogP contribution in [0.1, 0.15) is 58.2 Å². The first-order chi connectivity index (χ1) is 15.5. The molecule has 2 aromatic heterocycles. The molecule has 0 atom stereocenters. The molecule has 4 aromatic rings. The second-order valence-electron chi connectivity index (χ2n) is 8.46. The van der Waals surface area contributed by atoms with Gasteiger partial charge in [0.05, 0.1) is 16.9 Å². The first-order valence-corrected chi connectivity index (χ1v) is 10.9. The molecule has 162 valence electrons. The molecule has 0 bridgehead atoms. The fourth-order valence-electron chi connectivity index (χ4n) is 3.77. The van der Waals surface area contributed by atoms with Crippen molar-refractivity contribution in [1.29, 1.82) is 0 Å². The topological polar surface area (TPSA) is 85.8 Å². The summed E-state index contributed by atoms with van der Waals surface area (Å²) in [4.78, 5) is 17.4. The average Bonchev–Trinajstić information content (AvgIpc) is 3.37. The summed E-state index contributed by atoms with van der Waals surface area (Å²) in [5, 5.41) is 11.6. The minimum Gasteiger partial charge on any atom is -0.339 e. The molecule has 0 spiro atoms. The fraction of sp³-hybridized carbons (Fsp3) is 0.280. The summed E-state index contributed by atoms with van der Waals surface area (Å²) in [5.74, 6) is 1.57. The quantitative estimate of drug-likeness (QED) is 0.463. The van der Waals surface area contributed by atoms with Gasteiger partial charge in [-0.3, -0.25) is 4.79 Å². The van der Waals surface area contributed by atoms with Crippen molar-refractivity contribution in [2.75, 3.05) is 5.32 Å². The van der Waals surface area contributed by atoms with Crippen molar-refractivity contribution in [3.63, 3.8) is 0 Å². The predicted octanol–water partition coefficient (Wildman–Crippen LogP) is 5.37. The summed E-state index contributed by atoms with van der Waals surface area (Å²) in [6.07, 6.45) is 5.23. The molecule has 2 aromatic carbocycles. The Balaban J connectivity index is 1.33. The Kier molecular flexibility index (Phi) is 5.09. The lowest BCUT2D eigenvalue weighted by Gasteiger charge is -2.20. The van der Waals surface area contributed by atoms with Gasteiger partial charge in [-0.2, -0.15) is 10.1 Å². The van der Waals surface area contributed by atoms with Crippen LogP contribution in [0.15, 0.2) is 53.2 Å². The van der Waals surface area contributed by atoms with Crippen molar-refractivity contribution >= 4 is 11.6 Å². The fourth-order valence-corrected chi connectivity index (χ4v) is 3.77. The highest BCUT2D eigenvalue weighted by Gasteiger charge is 2.25. The van der Waals surface area contributed by atoms with E-state index in [1.807, 2.05) is 63.2 Å². The molecule has 1 aliphatic carbocycles. The number of aryl methyl sites for hydroxylation is 3. The molecule has 7 heteroatoms. The summed E-state index contributed by atoms with van der Waals surface area (Å²) >= 11 is 0. The molecule has 0 aliphatic heterocycles. The number of carbonyl (C=O) groups excluding carboxylic acids is 1. The second kappa shape index (κ2) is 8.07. The van der Waals surface area contributed by atoms with Crippen molar-refractivity contribution in [3.05, 3.63) is 76.9 Å². The summed E-state index contributed by atoms with van der Waals surface area (Å²) in [5.41, 5.74) is 6.04. The predicted molar refractivity (Wildman–Crippen MR) is 122 cm³/mol. The van der Waals surface area contributed by atoms with Gasteiger partial charge in [0.25, 0.3) is 5.91 Å². The van der Waals surface area contributed by atoms with E-state index in [-0.39, 0.29) is 5.91 Å².